The van der Waals surface area contributed by atoms with E-state index in [1.165, 1.54) is 0 Å². The summed E-state index contributed by atoms with van der Waals surface area (Å²) in [7, 11) is 0. The van der Waals surface area contributed by atoms with Crippen molar-refractivity contribution >= 4 is 11.6 Å². The highest BCUT2D eigenvalue weighted by molar-refractivity contribution is 5.92. The quantitative estimate of drug-likeness (QED) is 0.885. The Bertz CT molecular complexity index is 435. The van der Waals surface area contributed by atoms with Gasteiger partial charge in [-0.2, -0.15) is 0 Å². The summed E-state index contributed by atoms with van der Waals surface area (Å²) in [5.41, 5.74) is 7.15. The lowest BCUT2D eigenvalue weighted by Gasteiger charge is -2.27. The fourth-order valence-corrected chi connectivity index (χ4v) is 2.27. The SMILES string of the molecule is NCc1ccc(NC(=O)C2CCC(F)(F)CC2)cc1. The van der Waals surface area contributed by atoms with Gasteiger partial charge in [0.2, 0.25) is 11.8 Å². The lowest BCUT2D eigenvalue weighted by Crippen LogP contribution is -2.31. The number of hydrogen-bond donors (Lipinski definition) is 2. The Kier molecular flexibility index (Phi) is 4.14. The van der Waals surface area contributed by atoms with Gasteiger partial charge in [0.1, 0.15) is 0 Å². The first-order valence-corrected chi connectivity index (χ1v) is 6.48. The molecule has 1 saturated carbocycles. The molecule has 19 heavy (non-hydrogen) atoms. The molecule has 0 bridgehead atoms. The fraction of sp³-hybridized carbons (Fsp3) is 0.500. The highest BCUT2D eigenvalue weighted by Crippen LogP contribution is 2.36. The van der Waals surface area contributed by atoms with Gasteiger partial charge in [0, 0.05) is 31.0 Å². The average molecular weight is 268 g/mol. The molecular formula is C14H18F2N2O. The molecule has 0 atom stereocenters. The van der Waals surface area contributed by atoms with E-state index in [0.29, 0.717) is 12.2 Å². The first kappa shape index (κ1) is 13.9. The summed E-state index contributed by atoms with van der Waals surface area (Å²) < 4.78 is 26.0. The van der Waals surface area contributed by atoms with Gasteiger partial charge >= 0.3 is 0 Å². The normalized spacial score (nSPS) is 19.1. The van der Waals surface area contributed by atoms with Crippen LogP contribution in [0.4, 0.5) is 14.5 Å². The highest BCUT2D eigenvalue weighted by atomic mass is 19.3. The van der Waals surface area contributed by atoms with Gasteiger partial charge < -0.3 is 11.1 Å². The number of rotatable bonds is 3. The molecule has 0 heterocycles. The zero-order chi connectivity index (χ0) is 13.9. The summed E-state index contributed by atoms with van der Waals surface area (Å²) >= 11 is 0. The smallest absolute Gasteiger partial charge is 0.248 e. The second-order valence-electron chi connectivity index (χ2n) is 5.02. The first-order chi connectivity index (χ1) is 9.00. The zero-order valence-electron chi connectivity index (χ0n) is 10.7. The Labute approximate surface area is 111 Å². The van der Waals surface area contributed by atoms with E-state index >= 15 is 0 Å². The molecule has 1 amide bonds. The number of amides is 1. The summed E-state index contributed by atoms with van der Waals surface area (Å²) in [6.45, 7) is 0.450. The molecule has 3 N–H and O–H groups in total. The van der Waals surface area contributed by atoms with Crippen LogP contribution in [0.2, 0.25) is 0 Å². The zero-order valence-corrected chi connectivity index (χ0v) is 10.7. The molecule has 1 aromatic carbocycles. The van der Waals surface area contributed by atoms with Gasteiger partial charge in [-0.05, 0) is 30.5 Å². The summed E-state index contributed by atoms with van der Waals surface area (Å²) in [5, 5.41) is 2.77. The molecule has 3 nitrogen and oxygen atoms in total. The van der Waals surface area contributed by atoms with Crippen LogP contribution in [0.15, 0.2) is 24.3 Å². The topological polar surface area (TPSA) is 55.1 Å². The maximum Gasteiger partial charge on any atom is 0.248 e. The van der Waals surface area contributed by atoms with E-state index in [-0.39, 0.29) is 37.5 Å². The third-order valence-corrected chi connectivity index (χ3v) is 3.55. The van der Waals surface area contributed by atoms with Gasteiger partial charge in [-0.1, -0.05) is 12.1 Å². The van der Waals surface area contributed by atoms with Crippen LogP contribution >= 0.6 is 0 Å². The van der Waals surface area contributed by atoms with Crippen LogP contribution in [-0.2, 0) is 11.3 Å². The molecule has 2 rings (SSSR count). The van der Waals surface area contributed by atoms with Crippen LogP contribution in [0.1, 0.15) is 31.2 Å². The van der Waals surface area contributed by atoms with Crippen LogP contribution in [-0.4, -0.2) is 11.8 Å². The summed E-state index contributed by atoms with van der Waals surface area (Å²) in [5.74, 6) is -3.08. The number of hydrogen-bond acceptors (Lipinski definition) is 2. The first-order valence-electron chi connectivity index (χ1n) is 6.48. The molecule has 104 valence electrons. The van der Waals surface area contributed by atoms with Crippen LogP contribution in [0.3, 0.4) is 0 Å². The van der Waals surface area contributed by atoms with Crippen molar-refractivity contribution in [2.24, 2.45) is 11.7 Å². The number of alkyl halides is 2. The second kappa shape index (κ2) is 5.65. The van der Waals surface area contributed by atoms with E-state index in [1.54, 1.807) is 12.1 Å². The Morgan fingerprint density at radius 1 is 1.26 bits per heavy atom. The molecule has 1 aliphatic rings. The molecule has 1 fully saturated rings. The Morgan fingerprint density at radius 2 is 1.84 bits per heavy atom. The van der Waals surface area contributed by atoms with Gasteiger partial charge in [-0.3, -0.25) is 4.79 Å². The summed E-state index contributed by atoms with van der Waals surface area (Å²) in [6, 6.07) is 7.23. The predicted molar refractivity (Wildman–Crippen MR) is 69.9 cm³/mol. The average Bonchev–Trinajstić information content (AvgIpc) is 2.39. The van der Waals surface area contributed by atoms with Crippen molar-refractivity contribution < 1.29 is 13.6 Å². The molecule has 0 saturated heterocycles. The molecule has 0 aliphatic heterocycles. The molecule has 5 heteroatoms. The Morgan fingerprint density at radius 3 is 2.37 bits per heavy atom. The number of benzene rings is 1. The van der Waals surface area contributed by atoms with E-state index in [0.717, 1.165) is 5.56 Å². The van der Waals surface area contributed by atoms with Crippen LogP contribution < -0.4 is 11.1 Å². The van der Waals surface area contributed by atoms with Crippen molar-refractivity contribution in [1.29, 1.82) is 0 Å². The standard InChI is InChI=1S/C14H18F2N2O/c15-14(16)7-5-11(6-8-14)13(19)18-12-3-1-10(9-17)2-4-12/h1-4,11H,5-9,17H2,(H,18,19). The monoisotopic (exact) mass is 268 g/mol. The summed E-state index contributed by atoms with van der Waals surface area (Å²) in [4.78, 5) is 12.0. The van der Waals surface area contributed by atoms with Crippen molar-refractivity contribution in [2.45, 2.75) is 38.2 Å². The third-order valence-electron chi connectivity index (χ3n) is 3.55. The van der Waals surface area contributed by atoms with E-state index < -0.39 is 5.92 Å². The molecular weight excluding hydrogens is 250 g/mol. The number of nitrogens with two attached hydrogens (primary N) is 1. The van der Waals surface area contributed by atoms with E-state index in [1.807, 2.05) is 12.1 Å². The second-order valence-corrected chi connectivity index (χ2v) is 5.02. The predicted octanol–water partition coefficient (Wildman–Crippen LogP) is 2.91. The van der Waals surface area contributed by atoms with Gasteiger partial charge in [0.05, 0.1) is 0 Å². The molecule has 0 radical (unpaired) electrons. The lowest BCUT2D eigenvalue weighted by atomic mass is 9.86. The number of carbonyl (C=O) groups is 1. The molecule has 0 spiro atoms. The Balaban J connectivity index is 1.90. The van der Waals surface area contributed by atoms with Crippen LogP contribution in [0, 0.1) is 5.92 Å². The van der Waals surface area contributed by atoms with Crippen molar-refractivity contribution in [2.75, 3.05) is 5.32 Å². The van der Waals surface area contributed by atoms with Crippen molar-refractivity contribution in [1.82, 2.24) is 0 Å². The minimum absolute atomic E-state index is 0.170. The number of anilines is 1. The minimum Gasteiger partial charge on any atom is -0.326 e. The lowest BCUT2D eigenvalue weighted by molar-refractivity contribution is -0.124. The van der Waals surface area contributed by atoms with Crippen LogP contribution in [0.25, 0.3) is 0 Å². The van der Waals surface area contributed by atoms with Gasteiger partial charge in [-0.25, -0.2) is 8.78 Å². The molecule has 1 aromatic rings. The van der Waals surface area contributed by atoms with Crippen LogP contribution in [0.5, 0.6) is 0 Å². The minimum atomic E-state index is -2.60. The van der Waals surface area contributed by atoms with Gasteiger partial charge in [0.25, 0.3) is 0 Å². The van der Waals surface area contributed by atoms with Crippen molar-refractivity contribution in [3.05, 3.63) is 29.8 Å². The molecule has 0 aromatic heterocycles. The van der Waals surface area contributed by atoms with E-state index in [2.05, 4.69) is 5.32 Å². The third kappa shape index (κ3) is 3.73. The fourth-order valence-electron chi connectivity index (χ4n) is 2.27. The highest BCUT2D eigenvalue weighted by Gasteiger charge is 2.37. The number of carbonyl (C=O) groups excluding carboxylic acids is 1. The maximum absolute atomic E-state index is 13.0. The maximum atomic E-state index is 13.0. The van der Waals surface area contributed by atoms with E-state index in [9.17, 15) is 13.6 Å². The number of nitrogens with one attached hydrogen (secondary N) is 1. The van der Waals surface area contributed by atoms with Crippen molar-refractivity contribution in [3.63, 3.8) is 0 Å². The van der Waals surface area contributed by atoms with E-state index in [4.69, 9.17) is 5.73 Å². The summed E-state index contributed by atoms with van der Waals surface area (Å²) in [6.07, 6.45) is 0.105. The van der Waals surface area contributed by atoms with Crippen molar-refractivity contribution in [3.8, 4) is 0 Å². The number of halogens is 2. The molecule has 0 unspecified atom stereocenters. The van der Waals surface area contributed by atoms with Gasteiger partial charge in [0.15, 0.2) is 0 Å². The molecule has 1 aliphatic carbocycles. The Hall–Kier alpha value is -1.49. The largest absolute Gasteiger partial charge is 0.326 e. The van der Waals surface area contributed by atoms with Gasteiger partial charge in [-0.15, -0.1) is 0 Å².